The second kappa shape index (κ2) is 6.84. The second-order valence-corrected chi connectivity index (χ2v) is 7.44. The molecule has 0 fully saturated rings. The van der Waals surface area contributed by atoms with Crippen LogP contribution < -0.4 is 5.32 Å². The van der Waals surface area contributed by atoms with E-state index in [0.29, 0.717) is 5.82 Å². The summed E-state index contributed by atoms with van der Waals surface area (Å²) < 4.78 is 26.2. The molecule has 1 N–H and O–H groups in total. The molecule has 0 atom stereocenters. The smallest absolute Gasteiger partial charge is 0.221 e. The van der Waals surface area contributed by atoms with E-state index in [2.05, 4.69) is 10.3 Å². The number of imidazole rings is 1. The number of nitrogens with zero attached hydrogens (tertiary/aromatic N) is 2. The highest BCUT2D eigenvalue weighted by Crippen LogP contribution is 2.11. The Labute approximate surface area is 140 Å². The largest absolute Gasteiger partial charge is 0.349 e. The van der Waals surface area contributed by atoms with Crippen LogP contribution in [0.15, 0.2) is 65.8 Å². The molecule has 24 heavy (non-hydrogen) atoms. The van der Waals surface area contributed by atoms with Crippen molar-refractivity contribution in [3.8, 4) is 0 Å². The summed E-state index contributed by atoms with van der Waals surface area (Å²) in [4.78, 5) is 16.4. The van der Waals surface area contributed by atoms with Gasteiger partial charge in [-0.05, 0) is 24.3 Å². The highest BCUT2D eigenvalue weighted by molar-refractivity contribution is 7.91. The van der Waals surface area contributed by atoms with Gasteiger partial charge in [0.1, 0.15) is 5.82 Å². The molecule has 0 bridgehead atoms. The minimum Gasteiger partial charge on any atom is -0.349 e. The Bertz CT molecular complexity index is 949. The molecule has 0 saturated carbocycles. The Morgan fingerprint density at radius 1 is 1.08 bits per heavy atom. The molecule has 0 aliphatic heterocycles. The first-order valence-electron chi connectivity index (χ1n) is 7.52. The maximum Gasteiger partial charge on any atom is 0.221 e. The summed E-state index contributed by atoms with van der Waals surface area (Å²) in [5, 5.41) is 2.71. The van der Waals surface area contributed by atoms with Crippen molar-refractivity contribution in [3.63, 3.8) is 0 Å². The first-order valence-corrected chi connectivity index (χ1v) is 9.17. The van der Waals surface area contributed by atoms with Gasteiger partial charge in [0.15, 0.2) is 9.84 Å². The number of fused-ring (bicyclic) bond motifs is 1. The molecule has 7 heteroatoms. The number of carbonyl (C=O) groups excluding carboxylic acids is 1. The van der Waals surface area contributed by atoms with Crippen molar-refractivity contribution >= 4 is 21.3 Å². The molecule has 0 radical (unpaired) electrons. The van der Waals surface area contributed by atoms with Crippen molar-refractivity contribution in [2.45, 2.75) is 17.9 Å². The van der Waals surface area contributed by atoms with Gasteiger partial charge in [-0.15, -0.1) is 0 Å². The minimum atomic E-state index is -3.44. The zero-order valence-electron chi connectivity index (χ0n) is 12.9. The molecule has 1 aromatic carbocycles. The number of rotatable bonds is 6. The average Bonchev–Trinajstić information content (AvgIpc) is 3.02. The fraction of sp³-hybridized carbons (Fsp3) is 0.176. The first-order chi connectivity index (χ1) is 11.6. The summed E-state index contributed by atoms with van der Waals surface area (Å²) in [6.07, 6.45) is 3.51. The van der Waals surface area contributed by atoms with Crippen molar-refractivity contribution in [2.75, 3.05) is 5.75 Å². The molecular weight excluding hydrogens is 326 g/mol. The van der Waals surface area contributed by atoms with Crippen molar-refractivity contribution in [2.24, 2.45) is 0 Å². The Balaban J connectivity index is 1.57. The molecule has 0 spiro atoms. The van der Waals surface area contributed by atoms with E-state index in [9.17, 15) is 13.2 Å². The van der Waals surface area contributed by atoms with E-state index in [-0.39, 0.29) is 29.5 Å². The molecule has 0 saturated heterocycles. The van der Waals surface area contributed by atoms with Crippen LogP contribution in [0.1, 0.15) is 12.2 Å². The van der Waals surface area contributed by atoms with Crippen molar-refractivity contribution in [1.29, 1.82) is 0 Å². The Kier molecular flexibility index (Phi) is 4.61. The molecule has 3 aromatic rings. The molecule has 1 amide bonds. The van der Waals surface area contributed by atoms with Crippen LogP contribution in [0.4, 0.5) is 0 Å². The number of carbonyl (C=O) groups is 1. The van der Waals surface area contributed by atoms with Gasteiger partial charge in [-0.3, -0.25) is 4.79 Å². The number of hydrogen-bond acceptors (Lipinski definition) is 4. The summed E-state index contributed by atoms with van der Waals surface area (Å²) in [6.45, 7) is 0.252. The van der Waals surface area contributed by atoms with Gasteiger partial charge in [-0.25, -0.2) is 13.4 Å². The van der Waals surface area contributed by atoms with Crippen molar-refractivity contribution in [3.05, 3.63) is 66.7 Å². The second-order valence-electron chi connectivity index (χ2n) is 5.33. The third kappa shape index (κ3) is 3.62. The Morgan fingerprint density at radius 2 is 1.83 bits per heavy atom. The van der Waals surface area contributed by atoms with E-state index in [4.69, 9.17) is 0 Å². The highest BCUT2D eigenvalue weighted by Gasteiger charge is 2.16. The van der Waals surface area contributed by atoms with E-state index in [1.165, 1.54) is 12.1 Å². The molecule has 3 rings (SSSR count). The van der Waals surface area contributed by atoms with E-state index in [0.717, 1.165) is 5.52 Å². The van der Waals surface area contributed by atoms with Crippen LogP contribution in [-0.2, 0) is 21.2 Å². The summed E-state index contributed by atoms with van der Waals surface area (Å²) in [6, 6.07) is 13.9. The van der Waals surface area contributed by atoms with Gasteiger partial charge in [-0.2, -0.15) is 0 Å². The third-order valence-corrected chi connectivity index (χ3v) is 5.39. The standard InChI is InChI=1S/C17H17N3O3S/c21-17(9-11-24(22,23)15-7-2-1-3-8-15)19-13-16-18-12-14-6-4-5-10-20(14)16/h1-8,10,12H,9,11,13H2,(H,19,21). The maximum atomic E-state index is 12.1. The van der Waals surface area contributed by atoms with Crippen molar-refractivity contribution in [1.82, 2.24) is 14.7 Å². The van der Waals surface area contributed by atoms with Crippen LogP contribution in [0.2, 0.25) is 0 Å². The number of nitrogens with one attached hydrogen (secondary N) is 1. The van der Waals surface area contributed by atoms with Crippen LogP contribution in [0.5, 0.6) is 0 Å². The lowest BCUT2D eigenvalue weighted by molar-refractivity contribution is -0.120. The van der Waals surface area contributed by atoms with Crippen LogP contribution in [-0.4, -0.2) is 29.5 Å². The fourth-order valence-corrected chi connectivity index (χ4v) is 3.63. The lowest BCUT2D eigenvalue weighted by atomic mass is 10.4. The summed E-state index contributed by atoms with van der Waals surface area (Å²) in [5.41, 5.74) is 0.938. The fourth-order valence-electron chi connectivity index (χ4n) is 2.37. The van der Waals surface area contributed by atoms with E-state index >= 15 is 0 Å². The first kappa shape index (κ1) is 16.2. The van der Waals surface area contributed by atoms with Gasteiger partial charge in [0.2, 0.25) is 5.91 Å². The topological polar surface area (TPSA) is 80.5 Å². The van der Waals surface area contributed by atoms with Crippen molar-refractivity contribution < 1.29 is 13.2 Å². The quantitative estimate of drug-likeness (QED) is 0.740. The normalized spacial score (nSPS) is 11.5. The molecule has 0 unspecified atom stereocenters. The lowest BCUT2D eigenvalue weighted by Crippen LogP contribution is -2.26. The molecule has 2 heterocycles. The highest BCUT2D eigenvalue weighted by atomic mass is 32.2. The van der Waals surface area contributed by atoms with Crippen LogP contribution in [0.25, 0.3) is 5.52 Å². The summed E-state index contributed by atoms with van der Waals surface area (Å²) >= 11 is 0. The number of sulfone groups is 1. The zero-order chi connectivity index (χ0) is 17.0. The van der Waals surface area contributed by atoms with Gasteiger partial charge in [0.05, 0.1) is 28.9 Å². The maximum absolute atomic E-state index is 12.1. The predicted octanol–water partition coefficient (Wildman–Crippen LogP) is 1.81. The zero-order valence-corrected chi connectivity index (χ0v) is 13.7. The van der Waals surface area contributed by atoms with Gasteiger partial charge in [0, 0.05) is 12.6 Å². The SMILES string of the molecule is O=C(CCS(=O)(=O)c1ccccc1)NCc1ncc2ccccn12. The average molecular weight is 343 g/mol. The molecular formula is C17H17N3O3S. The molecule has 124 valence electrons. The number of aromatic nitrogens is 2. The van der Waals surface area contributed by atoms with Gasteiger partial charge >= 0.3 is 0 Å². The predicted molar refractivity (Wildman–Crippen MR) is 90.2 cm³/mol. The molecule has 0 aliphatic carbocycles. The number of amides is 1. The van der Waals surface area contributed by atoms with Gasteiger partial charge < -0.3 is 9.72 Å². The summed E-state index contributed by atoms with van der Waals surface area (Å²) in [7, 11) is -3.44. The van der Waals surface area contributed by atoms with E-state index in [1.807, 2.05) is 28.8 Å². The van der Waals surface area contributed by atoms with Crippen LogP contribution >= 0.6 is 0 Å². The number of benzene rings is 1. The van der Waals surface area contributed by atoms with Crippen LogP contribution in [0.3, 0.4) is 0 Å². The van der Waals surface area contributed by atoms with Crippen LogP contribution in [0, 0.1) is 0 Å². The molecule has 6 nitrogen and oxygen atoms in total. The Hall–Kier alpha value is -2.67. The number of hydrogen-bond donors (Lipinski definition) is 1. The van der Waals surface area contributed by atoms with Gasteiger partial charge in [-0.1, -0.05) is 24.3 Å². The Morgan fingerprint density at radius 3 is 2.62 bits per heavy atom. The van der Waals surface area contributed by atoms with E-state index in [1.54, 1.807) is 24.4 Å². The third-order valence-electron chi connectivity index (χ3n) is 3.66. The number of pyridine rings is 1. The monoisotopic (exact) mass is 343 g/mol. The molecule has 2 aromatic heterocycles. The van der Waals surface area contributed by atoms with Gasteiger partial charge in [0.25, 0.3) is 0 Å². The summed E-state index contributed by atoms with van der Waals surface area (Å²) in [5.74, 6) is 0.164. The van der Waals surface area contributed by atoms with E-state index < -0.39 is 9.84 Å². The minimum absolute atomic E-state index is 0.0828. The molecule has 0 aliphatic rings. The lowest BCUT2D eigenvalue weighted by Gasteiger charge is -2.06.